The van der Waals surface area contributed by atoms with E-state index in [1.165, 1.54) is 12.1 Å². The molecule has 1 rings (SSSR count). The number of aliphatic hydroxyl groups is 3. The molecule has 88 valence electrons. The van der Waals surface area contributed by atoms with Gasteiger partial charge >= 0.3 is 5.69 Å². The van der Waals surface area contributed by atoms with Crippen LogP contribution >= 0.6 is 0 Å². The van der Waals surface area contributed by atoms with Crippen LogP contribution in [0.1, 0.15) is 11.7 Å². The third kappa shape index (κ3) is 2.27. The Morgan fingerprint density at radius 1 is 1.38 bits per heavy atom. The summed E-state index contributed by atoms with van der Waals surface area (Å²) in [5.74, 6) is -0.715. The first-order valence-corrected chi connectivity index (χ1v) is 4.42. The summed E-state index contributed by atoms with van der Waals surface area (Å²) in [4.78, 5) is 9.68. The molecule has 0 bridgehead atoms. The highest BCUT2D eigenvalue weighted by atomic mass is 16.6. The predicted octanol–water partition coefficient (Wildman–Crippen LogP) is -0.313. The fourth-order valence-electron chi connectivity index (χ4n) is 1.24. The van der Waals surface area contributed by atoms with Crippen LogP contribution in [0.4, 0.5) is 5.69 Å². The lowest BCUT2D eigenvalue weighted by atomic mass is 10.0. The molecule has 0 aliphatic rings. The van der Waals surface area contributed by atoms with Crippen molar-refractivity contribution in [1.82, 2.24) is 0 Å². The molecule has 0 saturated carbocycles. The second kappa shape index (κ2) is 4.88. The molecule has 0 amide bonds. The Kier molecular flexibility index (Phi) is 3.78. The van der Waals surface area contributed by atoms with Crippen LogP contribution in [0.5, 0.6) is 5.75 Å². The summed E-state index contributed by atoms with van der Waals surface area (Å²) in [5.41, 5.74) is -0.766. The molecule has 0 spiro atoms. The van der Waals surface area contributed by atoms with Crippen LogP contribution in [0.15, 0.2) is 18.2 Å². The van der Waals surface area contributed by atoms with Crippen molar-refractivity contribution in [2.24, 2.45) is 0 Å². The standard InChI is InChI=1S/C9H11NO6/c11-4-7(12)9(14)5-2-1-3-6(8(5)13)10(15)16/h1-3,7,9,11-14H,4H2. The van der Waals surface area contributed by atoms with Crippen molar-refractivity contribution in [2.45, 2.75) is 12.2 Å². The fourth-order valence-corrected chi connectivity index (χ4v) is 1.24. The van der Waals surface area contributed by atoms with Crippen molar-refractivity contribution in [3.05, 3.63) is 33.9 Å². The summed E-state index contributed by atoms with van der Waals surface area (Å²) < 4.78 is 0. The van der Waals surface area contributed by atoms with Crippen molar-refractivity contribution in [2.75, 3.05) is 6.61 Å². The van der Waals surface area contributed by atoms with Crippen molar-refractivity contribution in [1.29, 1.82) is 0 Å². The third-order valence-electron chi connectivity index (χ3n) is 2.11. The van der Waals surface area contributed by atoms with Crippen LogP contribution in [-0.4, -0.2) is 38.1 Å². The number of hydrogen-bond donors (Lipinski definition) is 4. The quantitative estimate of drug-likeness (QED) is 0.414. The van der Waals surface area contributed by atoms with Crippen molar-refractivity contribution in [3.63, 3.8) is 0 Å². The minimum absolute atomic E-state index is 0.198. The second-order valence-electron chi connectivity index (χ2n) is 3.17. The lowest BCUT2D eigenvalue weighted by Crippen LogP contribution is -2.22. The Bertz CT molecular complexity index is 394. The lowest BCUT2D eigenvalue weighted by Gasteiger charge is -2.16. The molecule has 2 unspecified atom stereocenters. The number of phenolic OH excluding ortho intramolecular Hbond substituents is 1. The van der Waals surface area contributed by atoms with E-state index < -0.39 is 35.2 Å². The maximum atomic E-state index is 10.5. The second-order valence-corrected chi connectivity index (χ2v) is 3.17. The van der Waals surface area contributed by atoms with Gasteiger partial charge in [-0.05, 0) is 0 Å². The highest BCUT2D eigenvalue weighted by molar-refractivity contribution is 5.51. The molecule has 0 aromatic heterocycles. The minimum atomic E-state index is -1.58. The predicted molar refractivity (Wildman–Crippen MR) is 52.8 cm³/mol. The smallest absolute Gasteiger partial charge is 0.311 e. The Labute approximate surface area is 90.4 Å². The van der Waals surface area contributed by atoms with E-state index in [0.717, 1.165) is 6.07 Å². The molecule has 7 heteroatoms. The fraction of sp³-hybridized carbons (Fsp3) is 0.333. The molecule has 0 heterocycles. The Balaban J connectivity index is 3.15. The topological polar surface area (TPSA) is 124 Å². The molecule has 4 N–H and O–H groups in total. The van der Waals surface area contributed by atoms with Crippen molar-refractivity contribution in [3.8, 4) is 5.75 Å². The molecule has 0 radical (unpaired) electrons. The first kappa shape index (κ1) is 12.4. The number of para-hydroxylation sites is 1. The Morgan fingerprint density at radius 3 is 2.50 bits per heavy atom. The average Bonchev–Trinajstić information content (AvgIpc) is 2.27. The van der Waals surface area contributed by atoms with Gasteiger partial charge in [-0.1, -0.05) is 12.1 Å². The molecule has 0 aliphatic carbocycles. The first-order chi connectivity index (χ1) is 7.49. The number of benzene rings is 1. The zero-order valence-corrected chi connectivity index (χ0v) is 8.15. The van der Waals surface area contributed by atoms with E-state index in [9.17, 15) is 20.3 Å². The number of rotatable bonds is 4. The van der Waals surface area contributed by atoms with Gasteiger partial charge in [0.1, 0.15) is 12.2 Å². The van der Waals surface area contributed by atoms with Gasteiger partial charge in [-0.15, -0.1) is 0 Å². The van der Waals surface area contributed by atoms with E-state index >= 15 is 0 Å². The average molecular weight is 229 g/mol. The van der Waals surface area contributed by atoms with Crippen molar-refractivity contribution >= 4 is 5.69 Å². The maximum absolute atomic E-state index is 10.5. The van der Waals surface area contributed by atoms with E-state index in [-0.39, 0.29) is 5.56 Å². The molecule has 16 heavy (non-hydrogen) atoms. The van der Waals surface area contributed by atoms with E-state index in [0.29, 0.717) is 0 Å². The molecule has 0 saturated heterocycles. The molecule has 0 aliphatic heterocycles. The summed E-state index contributed by atoms with van der Waals surface area (Å²) >= 11 is 0. The normalized spacial score (nSPS) is 14.4. The van der Waals surface area contributed by atoms with Crippen LogP contribution in [0.25, 0.3) is 0 Å². The summed E-state index contributed by atoms with van der Waals surface area (Å²) in [6, 6.07) is 3.56. The summed E-state index contributed by atoms with van der Waals surface area (Å²) in [6.45, 7) is -0.719. The van der Waals surface area contributed by atoms with E-state index in [1.54, 1.807) is 0 Å². The molecule has 7 nitrogen and oxygen atoms in total. The largest absolute Gasteiger partial charge is 0.502 e. The van der Waals surface area contributed by atoms with Gasteiger partial charge in [-0.25, -0.2) is 0 Å². The van der Waals surface area contributed by atoms with Gasteiger partial charge in [-0.3, -0.25) is 10.1 Å². The Morgan fingerprint density at radius 2 is 2.00 bits per heavy atom. The zero-order chi connectivity index (χ0) is 12.3. The van der Waals surface area contributed by atoms with Crippen molar-refractivity contribution < 1.29 is 25.3 Å². The van der Waals surface area contributed by atoms with Gasteiger partial charge in [0.15, 0.2) is 5.75 Å². The van der Waals surface area contributed by atoms with Crippen LogP contribution in [0.2, 0.25) is 0 Å². The first-order valence-electron chi connectivity index (χ1n) is 4.42. The summed E-state index contributed by atoms with van der Waals surface area (Å²) in [5, 5.41) is 47.2. The monoisotopic (exact) mass is 229 g/mol. The number of phenols is 1. The van der Waals surface area contributed by atoms with Gasteiger partial charge in [0.25, 0.3) is 0 Å². The molecule has 1 aromatic carbocycles. The molecule has 1 aromatic rings. The van der Waals surface area contributed by atoms with Gasteiger partial charge in [-0.2, -0.15) is 0 Å². The van der Waals surface area contributed by atoms with E-state index in [4.69, 9.17) is 10.2 Å². The van der Waals surface area contributed by atoms with Gasteiger partial charge in [0.05, 0.1) is 11.5 Å². The van der Waals surface area contributed by atoms with Crippen LogP contribution in [0.3, 0.4) is 0 Å². The zero-order valence-electron chi connectivity index (χ0n) is 8.15. The van der Waals surface area contributed by atoms with Gasteiger partial charge in [0.2, 0.25) is 0 Å². The van der Waals surface area contributed by atoms with Crippen LogP contribution < -0.4 is 0 Å². The third-order valence-corrected chi connectivity index (χ3v) is 2.11. The van der Waals surface area contributed by atoms with Crippen LogP contribution in [-0.2, 0) is 0 Å². The number of nitrogens with zero attached hydrogens (tertiary/aromatic N) is 1. The number of aromatic hydroxyl groups is 1. The van der Waals surface area contributed by atoms with Crippen LogP contribution in [0, 0.1) is 10.1 Å². The number of nitro groups is 1. The van der Waals surface area contributed by atoms with E-state index in [1.807, 2.05) is 0 Å². The highest BCUT2D eigenvalue weighted by Crippen LogP contribution is 2.34. The van der Waals surface area contributed by atoms with Gasteiger partial charge in [0, 0.05) is 11.6 Å². The summed E-state index contributed by atoms with van der Waals surface area (Å²) in [7, 11) is 0. The number of hydrogen-bond acceptors (Lipinski definition) is 6. The maximum Gasteiger partial charge on any atom is 0.311 e. The molecular formula is C9H11NO6. The number of aliphatic hydroxyl groups excluding tert-OH is 3. The highest BCUT2D eigenvalue weighted by Gasteiger charge is 2.25. The SMILES string of the molecule is O=[N+]([O-])c1cccc(C(O)C(O)CO)c1O. The molecule has 2 atom stereocenters. The van der Waals surface area contributed by atoms with E-state index in [2.05, 4.69) is 0 Å². The summed E-state index contributed by atoms with van der Waals surface area (Å²) in [6.07, 6.45) is -3.09. The number of nitro benzene ring substituents is 1. The minimum Gasteiger partial charge on any atom is -0.502 e. The molecular weight excluding hydrogens is 218 g/mol. The Hall–Kier alpha value is -1.70. The molecule has 0 fully saturated rings. The van der Waals surface area contributed by atoms with Gasteiger partial charge < -0.3 is 20.4 Å². The lowest BCUT2D eigenvalue weighted by molar-refractivity contribution is -0.386.